The van der Waals surface area contributed by atoms with Gasteiger partial charge in [-0.25, -0.2) is 9.69 Å². The average molecular weight is 737 g/mol. The van der Waals surface area contributed by atoms with E-state index < -0.39 is 0 Å². The molecule has 6 nitrogen and oxygen atoms in total. The van der Waals surface area contributed by atoms with Crippen molar-refractivity contribution in [2.45, 2.75) is 0 Å². The van der Waals surface area contributed by atoms with Crippen LogP contribution in [-0.4, -0.2) is 9.13 Å². The first-order valence-corrected chi connectivity index (χ1v) is 18.7. The summed E-state index contributed by atoms with van der Waals surface area (Å²) in [4.78, 5) is 7.97. The molecule has 2 heterocycles. The smallest absolute Gasteiger partial charge is 0.197 e. The van der Waals surface area contributed by atoms with Gasteiger partial charge in [0.15, 0.2) is 11.4 Å². The summed E-state index contributed by atoms with van der Waals surface area (Å²) in [7, 11) is 0. The molecule has 0 saturated carbocycles. The highest BCUT2D eigenvalue weighted by Gasteiger charge is 2.23. The first-order chi connectivity index (χ1) is 28.6. The molecule has 0 aliphatic rings. The van der Waals surface area contributed by atoms with Crippen LogP contribution in [0, 0.1) is 35.8 Å². The van der Waals surface area contributed by atoms with Gasteiger partial charge in [0.25, 0.3) is 0 Å². The molecule has 0 atom stereocenters. The normalized spacial score (nSPS) is 11.0. The van der Waals surface area contributed by atoms with Gasteiger partial charge in [0.05, 0.1) is 69.9 Å². The molecule has 8 aromatic carbocycles. The van der Waals surface area contributed by atoms with Crippen LogP contribution in [-0.2, 0) is 0 Å². The first-order valence-electron chi connectivity index (χ1n) is 18.7. The summed E-state index contributed by atoms with van der Waals surface area (Å²) in [5.41, 5.74) is 12.5. The van der Waals surface area contributed by atoms with E-state index in [1.165, 1.54) is 0 Å². The summed E-state index contributed by atoms with van der Waals surface area (Å²) >= 11 is 0. The maximum absolute atomic E-state index is 10.1. The van der Waals surface area contributed by atoms with Crippen molar-refractivity contribution in [3.63, 3.8) is 0 Å². The fourth-order valence-electron chi connectivity index (χ4n) is 8.45. The third-order valence-electron chi connectivity index (χ3n) is 11.0. The van der Waals surface area contributed by atoms with Gasteiger partial charge in [0, 0.05) is 21.5 Å². The predicted molar refractivity (Wildman–Crippen MR) is 233 cm³/mol. The zero-order valence-corrected chi connectivity index (χ0v) is 30.8. The minimum Gasteiger partial charge on any atom is -0.308 e. The van der Waals surface area contributed by atoms with Gasteiger partial charge in [-0.05, 0) is 88.0 Å². The Bertz CT molecular complexity index is 3520. The molecule has 0 aliphatic heterocycles. The highest BCUT2D eigenvalue weighted by Crippen LogP contribution is 2.45. The highest BCUT2D eigenvalue weighted by molar-refractivity contribution is 6.13. The SMILES string of the molecule is [C-]#[N+]c1ccccc1-c1ccc2c3ccccc3n(-c3cc(-c4cccc(C#N)c4)c([N+]#[C-])cc3-n3c4ccccc4c4ccc(-c5ccccc5C#N)cc43)c2c1. The number of nitriles is 2. The molecular formula is C52H28N6. The van der Waals surface area contributed by atoms with E-state index in [4.69, 9.17) is 13.1 Å². The van der Waals surface area contributed by atoms with Gasteiger partial charge < -0.3 is 9.13 Å². The molecule has 0 bridgehead atoms. The van der Waals surface area contributed by atoms with Crippen LogP contribution in [0.1, 0.15) is 11.1 Å². The summed E-state index contributed by atoms with van der Waals surface area (Å²) in [5.74, 6) is 0. The lowest BCUT2D eigenvalue weighted by molar-refractivity contribution is 1.10. The van der Waals surface area contributed by atoms with E-state index in [0.29, 0.717) is 28.1 Å². The summed E-state index contributed by atoms with van der Waals surface area (Å²) in [6.07, 6.45) is 0. The van der Waals surface area contributed by atoms with Crippen molar-refractivity contribution >= 4 is 55.0 Å². The predicted octanol–water partition coefficient (Wildman–Crippen LogP) is 13.7. The maximum atomic E-state index is 10.1. The molecule has 6 heteroatoms. The van der Waals surface area contributed by atoms with Crippen LogP contribution >= 0.6 is 0 Å². The number of fused-ring (bicyclic) bond motifs is 6. The number of hydrogen-bond donors (Lipinski definition) is 0. The summed E-state index contributed by atoms with van der Waals surface area (Å²) in [6, 6.07) is 60.7. The minimum absolute atomic E-state index is 0.443. The molecule has 0 N–H and O–H groups in total. The van der Waals surface area contributed by atoms with Gasteiger partial charge >= 0.3 is 0 Å². The first kappa shape index (κ1) is 33.9. The van der Waals surface area contributed by atoms with Crippen LogP contribution in [0.3, 0.4) is 0 Å². The van der Waals surface area contributed by atoms with E-state index in [9.17, 15) is 10.5 Å². The number of hydrogen-bond acceptors (Lipinski definition) is 2. The second-order valence-electron chi connectivity index (χ2n) is 14.1. The topological polar surface area (TPSA) is 66.2 Å². The van der Waals surface area contributed by atoms with Crippen LogP contribution < -0.4 is 0 Å². The monoisotopic (exact) mass is 736 g/mol. The van der Waals surface area contributed by atoms with Gasteiger partial charge in [-0.2, -0.15) is 10.5 Å². The molecule has 0 amide bonds. The van der Waals surface area contributed by atoms with E-state index in [-0.39, 0.29) is 0 Å². The fraction of sp³-hybridized carbons (Fsp3) is 0. The molecule has 266 valence electrons. The van der Waals surface area contributed by atoms with Crippen molar-refractivity contribution < 1.29 is 0 Å². The summed E-state index contributed by atoms with van der Waals surface area (Å²) < 4.78 is 4.51. The second-order valence-corrected chi connectivity index (χ2v) is 14.1. The average Bonchev–Trinajstić information content (AvgIpc) is 3.80. The van der Waals surface area contributed by atoms with Gasteiger partial charge in [-0.1, -0.05) is 115 Å². The molecule has 10 rings (SSSR count). The number of benzene rings is 8. The Morgan fingerprint density at radius 1 is 0.397 bits per heavy atom. The Balaban J connectivity index is 1.37. The zero-order valence-electron chi connectivity index (χ0n) is 30.8. The Labute approximate surface area is 334 Å². The molecule has 2 aromatic heterocycles. The Kier molecular flexibility index (Phi) is 7.92. The van der Waals surface area contributed by atoms with Gasteiger partial charge in [0.2, 0.25) is 0 Å². The number of nitrogens with zero attached hydrogens (tertiary/aromatic N) is 6. The van der Waals surface area contributed by atoms with Gasteiger partial charge in [-0.15, -0.1) is 0 Å². The maximum Gasteiger partial charge on any atom is 0.197 e. The quantitative estimate of drug-likeness (QED) is 0.165. The molecule has 0 aliphatic carbocycles. The molecule has 0 spiro atoms. The van der Waals surface area contributed by atoms with Crippen LogP contribution in [0.5, 0.6) is 0 Å². The molecule has 0 radical (unpaired) electrons. The molecule has 10 aromatic rings. The largest absolute Gasteiger partial charge is 0.308 e. The summed E-state index contributed by atoms with van der Waals surface area (Å²) in [5, 5.41) is 24.2. The van der Waals surface area contributed by atoms with Crippen molar-refractivity contribution in [3.8, 4) is 56.9 Å². The number of para-hydroxylation sites is 3. The van der Waals surface area contributed by atoms with E-state index in [1.807, 2.05) is 97.1 Å². The van der Waals surface area contributed by atoms with Crippen LogP contribution in [0.2, 0.25) is 0 Å². The third-order valence-corrected chi connectivity index (χ3v) is 11.0. The molecule has 0 unspecified atom stereocenters. The molecule has 58 heavy (non-hydrogen) atoms. The summed E-state index contributed by atoms with van der Waals surface area (Å²) in [6.45, 7) is 16.5. The molecule has 0 saturated heterocycles. The van der Waals surface area contributed by atoms with Crippen LogP contribution in [0.25, 0.3) is 98.1 Å². The van der Waals surface area contributed by atoms with Gasteiger partial charge in [0.1, 0.15) is 0 Å². The van der Waals surface area contributed by atoms with Crippen molar-refractivity contribution in [2.75, 3.05) is 0 Å². The molecular weight excluding hydrogens is 709 g/mol. The van der Waals surface area contributed by atoms with E-state index in [1.54, 1.807) is 6.07 Å². The zero-order chi connectivity index (χ0) is 39.3. The van der Waals surface area contributed by atoms with E-state index in [2.05, 4.69) is 97.7 Å². The second kappa shape index (κ2) is 13.6. The van der Waals surface area contributed by atoms with Crippen LogP contribution in [0.4, 0.5) is 11.4 Å². The molecule has 0 fully saturated rings. The highest BCUT2D eigenvalue weighted by atomic mass is 15.1. The lowest BCUT2D eigenvalue weighted by Gasteiger charge is -2.20. The fourth-order valence-corrected chi connectivity index (χ4v) is 8.45. The standard InChI is InChI=1S/C52H28N6/c1-55-45-19-8-5-16-39(45)36-23-25-43-40-17-6-9-20-47(40)57(50(43)28-36)51-29-44(34-14-11-12-33(26-34)31-53)46(56-2)30-52(51)58-48-21-10-7-18-41(48)42-24-22-35(27-49(42)58)38-15-4-3-13-37(38)32-54/h3-30H. The van der Waals surface area contributed by atoms with Crippen molar-refractivity contribution in [1.29, 1.82) is 10.5 Å². The Morgan fingerprint density at radius 3 is 1.57 bits per heavy atom. The minimum atomic E-state index is 0.443. The Morgan fingerprint density at radius 2 is 0.931 bits per heavy atom. The van der Waals surface area contributed by atoms with E-state index in [0.717, 1.165) is 82.8 Å². The van der Waals surface area contributed by atoms with Crippen LogP contribution in [0.15, 0.2) is 170 Å². The van der Waals surface area contributed by atoms with Gasteiger partial charge in [-0.3, -0.25) is 0 Å². The lowest BCUT2D eigenvalue weighted by Crippen LogP contribution is -2.04. The third kappa shape index (κ3) is 5.23. The number of rotatable bonds is 5. The Hall–Kier alpha value is -8.68. The van der Waals surface area contributed by atoms with Crippen molar-refractivity contribution in [3.05, 3.63) is 204 Å². The van der Waals surface area contributed by atoms with Crippen molar-refractivity contribution in [2.24, 2.45) is 0 Å². The lowest BCUT2D eigenvalue weighted by atomic mass is 9.98. The number of aromatic nitrogens is 2. The van der Waals surface area contributed by atoms with E-state index >= 15 is 0 Å². The van der Waals surface area contributed by atoms with Crippen molar-refractivity contribution in [1.82, 2.24) is 9.13 Å².